The normalized spacial score (nSPS) is 52.9. The van der Waals surface area contributed by atoms with Crippen LogP contribution in [0.1, 0.15) is 113 Å². The minimum atomic E-state index is -0.458. The Bertz CT molecular complexity index is 773. The van der Waals surface area contributed by atoms with Crippen LogP contribution in [0.5, 0.6) is 0 Å². The maximum atomic E-state index is 12.3. The summed E-state index contributed by atoms with van der Waals surface area (Å²) in [6, 6.07) is 0. The number of fused-ring (bicyclic) bond motifs is 1. The van der Waals surface area contributed by atoms with Gasteiger partial charge in [0.25, 0.3) is 0 Å². The number of aliphatic hydroxyl groups is 2. The lowest BCUT2D eigenvalue weighted by molar-refractivity contribution is -0.394. The predicted octanol–water partition coefficient (Wildman–Crippen LogP) is 7.63. The maximum absolute atomic E-state index is 12.3. The fourth-order valence-electron chi connectivity index (χ4n) is 11.0. The molecule has 10 atom stereocenters. The van der Waals surface area contributed by atoms with Gasteiger partial charge in [0.15, 0.2) is 0 Å². The van der Waals surface area contributed by atoms with Gasteiger partial charge in [0.1, 0.15) is 0 Å². The summed E-state index contributed by atoms with van der Waals surface area (Å²) in [5, 5.41) is 19.3. The highest BCUT2D eigenvalue weighted by molar-refractivity contribution is 5.43. The topological polar surface area (TPSA) is 40.5 Å². The minimum absolute atomic E-state index is 0.0532. The summed E-state index contributed by atoms with van der Waals surface area (Å²) in [5.41, 5.74) is 1.85. The van der Waals surface area contributed by atoms with Crippen LogP contribution in [0.2, 0.25) is 0 Å². The van der Waals surface area contributed by atoms with E-state index in [1.807, 2.05) is 0 Å². The van der Waals surface area contributed by atoms with E-state index >= 15 is 0 Å². The predicted molar refractivity (Wildman–Crippen MR) is 139 cm³/mol. The highest BCUT2D eigenvalue weighted by Crippen LogP contribution is 2.89. The van der Waals surface area contributed by atoms with E-state index in [0.717, 1.165) is 43.1 Å². The van der Waals surface area contributed by atoms with E-state index in [1.54, 1.807) is 0 Å². The summed E-state index contributed by atoms with van der Waals surface area (Å²) in [4.78, 5) is 0. The van der Waals surface area contributed by atoms with E-state index in [2.05, 4.69) is 48.5 Å². The summed E-state index contributed by atoms with van der Waals surface area (Å²) in [5.74, 6) is 4.65. The molecular weight excluding hydrogens is 404 g/mol. The Labute approximate surface area is 205 Å². The van der Waals surface area contributed by atoms with Crippen molar-refractivity contribution in [3.05, 3.63) is 12.2 Å². The molecule has 0 aliphatic heterocycles. The van der Waals surface area contributed by atoms with Gasteiger partial charge in [-0.2, -0.15) is 0 Å². The Hall–Kier alpha value is -0.340. The van der Waals surface area contributed by atoms with Crippen LogP contribution in [-0.2, 0) is 0 Å². The van der Waals surface area contributed by atoms with Crippen LogP contribution in [0.4, 0.5) is 0 Å². The zero-order valence-electron chi connectivity index (χ0n) is 23.1. The first kappa shape index (κ1) is 25.7. The van der Waals surface area contributed by atoms with Crippen molar-refractivity contribution >= 4 is 0 Å². The van der Waals surface area contributed by atoms with Crippen LogP contribution in [0.15, 0.2) is 12.2 Å². The van der Waals surface area contributed by atoms with Crippen molar-refractivity contribution in [2.45, 2.75) is 118 Å². The fraction of sp³-hybridized carbons (Fsp3) is 0.935. The Kier molecular flexibility index (Phi) is 6.31. The summed E-state index contributed by atoms with van der Waals surface area (Å²) in [6.07, 6.45) is 12.8. The molecule has 0 aromatic rings. The summed E-state index contributed by atoms with van der Waals surface area (Å²) < 4.78 is 0. The largest absolute Gasteiger partial charge is 0.400 e. The van der Waals surface area contributed by atoms with Gasteiger partial charge in [-0.3, -0.25) is 0 Å². The third-order valence-corrected chi connectivity index (χ3v) is 13.5. The molecule has 0 aromatic carbocycles. The van der Waals surface area contributed by atoms with Crippen molar-refractivity contribution in [2.75, 3.05) is 7.11 Å². The van der Waals surface area contributed by atoms with Gasteiger partial charge in [0.2, 0.25) is 0 Å². The highest BCUT2D eigenvalue weighted by Gasteiger charge is 2.88. The third-order valence-electron chi connectivity index (χ3n) is 13.5. The van der Waals surface area contributed by atoms with Crippen LogP contribution in [-0.4, -0.2) is 22.9 Å². The third kappa shape index (κ3) is 2.80. The molecule has 5 fully saturated rings. The van der Waals surface area contributed by atoms with Crippen LogP contribution >= 0.6 is 0 Å². The molecule has 5 aliphatic rings. The first-order valence-electron chi connectivity index (χ1n) is 14.3. The Morgan fingerprint density at radius 3 is 2.39 bits per heavy atom. The van der Waals surface area contributed by atoms with E-state index in [4.69, 9.17) is 11.7 Å². The summed E-state index contributed by atoms with van der Waals surface area (Å²) in [7, 11) is 1.00. The number of allylic oxidation sites excluding steroid dienone is 1. The van der Waals surface area contributed by atoms with Crippen molar-refractivity contribution < 1.29 is 10.2 Å². The summed E-state index contributed by atoms with van der Waals surface area (Å²) in [6.45, 7) is 22.3. The molecule has 0 aromatic heterocycles. The highest BCUT2D eigenvalue weighted by atomic mass is 16.3. The lowest BCUT2D eigenvalue weighted by Gasteiger charge is -2.84. The molecule has 0 amide bonds. The lowest BCUT2D eigenvalue weighted by Crippen LogP contribution is -2.84. The quantitative estimate of drug-likeness (QED) is 0.416. The summed E-state index contributed by atoms with van der Waals surface area (Å²) >= 11 is 0. The zero-order valence-corrected chi connectivity index (χ0v) is 23.1. The molecule has 1 spiro atoms. The second kappa shape index (κ2) is 8.09. The van der Waals surface area contributed by atoms with E-state index < -0.39 is 5.60 Å². The van der Waals surface area contributed by atoms with Crippen molar-refractivity contribution in [3.8, 4) is 0 Å². The number of hydrogen-bond donors (Lipinski definition) is 2. The van der Waals surface area contributed by atoms with Crippen molar-refractivity contribution in [3.63, 3.8) is 0 Å². The second-order valence-corrected chi connectivity index (χ2v) is 14.2. The van der Waals surface area contributed by atoms with Gasteiger partial charge in [0.05, 0.1) is 5.60 Å². The lowest BCUT2D eigenvalue weighted by atomic mass is 9.21. The molecule has 2 heteroatoms. The first-order chi connectivity index (χ1) is 15.4. The van der Waals surface area contributed by atoms with Gasteiger partial charge < -0.3 is 10.2 Å². The minimum Gasteiger partial charge on any atom is -0.400 e. The molecule has 0 radical (unpaired) electrons. The second-order valence-electron chi connectivity index (χ2n) is 14.2. The molecule has 190 valence electrons. The van der Waals surface area contributed by atoms with Crippen LogP contribution in [0, 0.1) is 57.2 Å². The zero-order chi connectivity index (χ0) is 24.6. The molecule has 10 unspecified atom stereocenters. The van der Waals surface area contributed by atoms with E-state index in [-0.39, 0.29) is 16.2 Å². The maximum Gasteiger partial charge on any atom is 0.0774 e. The van der Waals surface area contributed by atoms with Gasteiger partial charge in [-0.15, -0.1) is 0 Å². The Balaban J connectivity index is 0.00000126. The fourth-order valence-corrected chi connectivity index (χ4v) is 11.0. The van der Waals surface area contributed by atoms with Gasteiger partial charge in [0, 0.05) is 23.4 Å². The molecule has 4 bridgehead atoms. The average molecular weight is 459 g/mol. The Morgan fingerprint density at radius 2 is 1.76 bits per heavy atom. The Morgan fingerprint density at radius 1 is 1.09 bits per heavy atom. The smallest absolute Gasteiger partial charge is 0.0774 e. The van der Waals surface area contributed by atoms with Crippen LogP contribution in [0.3, 0.4) is 0 Å². The molecule has 0 heterocycles. The van der Waals surface area contributed by atoms with Gasteiger partial charge in [-0.05, 0) is 85.9 Å². The van der Waals surface area contributed by atoms with Crippen molar-refractivity contribution in [1.29, 1.82) is 0 Å². The molecular formula is C31H54O2. The van der Waals surface area contributed by atoms with Crippen molar-refractivity contribution in [2.24, 2.45) is 57.2 Å². The van der Waals surface area contributed by atoms with Crippen LogP contribution in [0.25, 0.3) is 0 Å². The SMILES string of the molecule is C=C1CCC(CCCC(C)C(C)C)C2(C)C(C)CC3C2C12CC1(O)C3(C)CCCC21C.CO. The van der Waals surface area contributed by atoms with Crippen molar-refractivity contribution in [1.82, 2.24) is 0 Å². The monoisotopic (exact) mass is 458 g/mol. The van der Waals surface area contributed by atoms with Crippen LogP contribution < -0.4 is 0 Å². The molecule has 5 saturated carbocycles. The van der Waals surface area contributed by atoms with Gasteiger partial charge in [-0.25, -0.2) is 0 Å². The number of hydrogen-bond acceptors (Lipinski definition) is 2. The first-order valence-corrected chi connectivity index (χ1v) is 14.3. The van der Waals surface area contributed by atoms with Gasteiger partial charge >= 0.3 is 0 Å². The molecule has 0 saturated heterocycles. The number of aliphatic hydroxyl groups excluding tert-OH is 1. The molecule has 2 N–H and O–H groups in total. The molecule has 5 rings (SSSR count). The van der Waals surface area contributed by atoms with E-state index in [1.165, 1.54) is 63.4 Å². The standard InChI is InChI=1S/C30H50O.CH4O/c1-19(2)20(3)11-9-12-23-14-13-21(4)29-18-30(31)26(6,15-10-16-27(29,30)7)24-17-22(5)28(23,8)25(24)29;1-2/h19-20,22-25,31H,4,9-18H2,1-3,5-8H3;2H,1H3. The average Bonchev–Trinajstić information content (AvgIpc) is 2.99. The molecule has 33 heavy (non-hydrogen) atoms. The van der Waals surface area contributed by atoms with E-state index in [0.29, 0.717) is 11.3 Å². The number of rotatable bonds is 5. The van der Waals surface area contributed by atoms with Gasteiger partial charge in [-0.1, -0.05) is 79.9 Å². The van der Waals surface area contributed by atoms with E-state index in [9.17, 15) is 5.11 Å². The molecule has 5 aliphatic carbocycles. The molecule has 2 nitrogen and oxygen atoms in total.